The summed E-state index contributed by atoms with van der Waals surface area (Å²) >= 11 is 5.26. The van der Waals surface area contributed by atoms with E-state index in [0.717, 1.165) is 37.7 Å². The molecule has 0 spiro atoms. The number of benzene rings is 1. The summed E-state index contributed by atoms with van der Waals surface area (Å²) < 4.78 is 12.7. The zero-order chi connectivity index (χ0) is 13.9. The van der Waals surface area contributed by atoms with E-state index in [-0.39, 0.29) is 11.1 Å². The Hall–Kier alpha value is -1.15. The lowest BCUT2D eigenvalue weighted by Gasteiger charge is -1.98. The van der Waals surface area contributed by atoms with Crippen LogP contribution in [-0.2, 0) is 4.79 Å². The van der Waals surface area contributed by atoms with Gasteiger partial charge in [0.15, 0.2) is 0 Å². The van der Waals surface area contributed by atoms with Crippen molar-refractivity contribution in [1.29, 1.82) is 0 Å². The van der Waals surface area contributed by atoms with Gasteiger partial charge in [-0.05, 0) is 48.6 Å². The molecule has 0 saturated heterocycles. The van der Waals surface area contributed by atoms with E-state index in [0.29, 0.717) is 6.42 Å². The summed E-state index contributed by atoms with van der Waals surface area (Å²) in [5, 5.41) is -0.234. The van der Waals surface area contributed by atoms with Gasteiger partial charge in [-0.2, -0.15) is 0 Å². The molecule has 0 aliphatic carbocycles. The molecule has 19 heavy (non-hydrogen) atoms. The highest BCUT2D eigenvalue weighted by Gasteiger charge is 1.95. The largest absolute Gasteiger partial charge is 0.281 e. The summed E-state index contributed by atoms with van der Waals surface area (Å²) in [6.45, 7) is 0. The van der Waals surface area contributed by atoms with Crippen molar-refractivity contribution in [2.75, 3.05) is 0 Å². The van der Waals surface area contributed by atoms with Gasteiger partial charge in [-0.15, -0.1) is 0 Å². The smallest absolute Gasteiger partial charge is 0.221 e. The van der Waals surface area contributed by atoms with Crippen molar-refractivity contribution in [3.8, 4) is 0 Å². The van der Waals surface area contributed by atoms with Crippen molar-refractivity contribution in [1.82, 2.24) is 0 Å². The van der Waals surface area contributed by atoms with Gasteiger partial charge in [-0.1, -0.05) is 43.5 Å². The molecule has 0 bridgehead atoms. The molecule has 0 fully saturated rings. The van der Waals surface area contributed by atoms with Crippen molar-refractivity contribution in [3.63, 3.8) is 0 Å². The number of carbonyl (C=O) groups is 1. The van der Waals surface area contributed by atoms with E-state index in [4.69, 9.17) is 11.6 Å². The highest BCUT2D eigenvalue weighted by atomic mass is 35.5. The summed E-state index contributed by atoms with van der Waals surface area (Å²) in [5.74, 6) is -0.201. The summed E-state index contributed by atoms with van der Waals surface area (Å²) in [5.41, 5.74) is 1.03. The molecule has 0 saturated carbocycles. The summed E-state index contributed by atoms with van der Waals surface area (Å²) in [6, 6.07) is 6.49. The van der Waals surface area contributed by atoms with Crippen LogP contribution in [0.5, 0.6) is 0 Å². The second-order valence-corrected chi connectivity index (χ2v) is 5.04. The minimum atomic E-state index is -0.234. The number of allylic oxidation sites excluding steroid dienone is 1. The maximum Gasteiger partial charge on any atom is 0.221 e. The monoisotopic (exact) mass is 282 g/mol. The summed E-state index contributed by atoms with van der Waals surface area (Å²) in [7, 11) is 0. The average Bonchev–Trinajstić information content (AvgIpc) is 2.38. The fourth-order valence-corrected chi connectivity index (χ4v) is 1.98. The van der Waals surface area contributed by atoms with Crippen LogP contribution in [-0.4, -0.2) is 5.24 Å². The number of halogens is 2. The standard InChI is InChI=1S/C16H20ClFO/c17-16(19)9-7-5-3-1-2-4-6-8-14-10-12-15(18)13-11-14/h6,8,10-13H,1-5,7,9H2. The maximum atomic E-state index is 12.7. The average molecular weight is 283 g/mol. The molecule has 1 rings (SSSR count). The lowest BCUT2D eigenvalue weighted by Crippen LogP contribution is -1.86. The van der Waals surface area contributed by atoms with Gasteiger partial charge < -0.3 is 0 Å². The zero-order valence-electron chi connectivity index (χ0n) is 11.1. The minimum absolute atomic E-state index is 0.201. The van der Waals surface area contributed by atoms with Crippen molar-refractivity contribution >= 4 is 22.9 Å². The van der Waals surface area contributed by atoms with Crippen LogP contribution in [0.2, 0.25) is 0 Å². The maximum absolute atomic E-state index is 12.7. The fraction of sp³-hybridized carbons (Fsp3) is 0.438. The lowest BCUT2D eigenvalue weighted by molar-refractivity contribution is -0.111. The molecule has 0 unspecified atom stereocenters. The van der Waals surface area contributed by atoms with E-state index < -0.39 is 0 Å². The lowest BCUT2D eigenvalue weighted by atomic mass is 10.1. The second kappa shape index (κ2) is 9.74. The molecule has 1 aromatic rings. The third-order valence-electron chi connectivity index (χ3n) is 2.92. The Kier molecular flexibility index (Phi) is 8.15. The Bertz CT molecular complexity index is 398. The Morgan fingerprint density at radius 1 is 1.05 bits per heavy atom. The zero-order valence-corrected chi connectivity index (χ0v) is 11.8. The van der Waals surface area contributed by atoms with Crippen LogP contribution in [0.1, 0.15) is 50.5 Å². The van der Waals surface area contributed by atoms with E-state index in [1.54, 1.807) is 12.1 Å². The minimum Gasteiger partial charge on any atom is -0.281 e. The van der Waals surface area contributed by atoms with Crippen molar-refractivity contribution in [2.24, 2.45) is 0 Å². The van der Waals surface area contributed by atoms with Gasteiger partial charge in [0.05, 0.1) is 0 Å². The first kappa shape index (κ1) is 15.9. The summed E-state index contributed by atoms with van der Waals surface area (Å²) in [4.78, 5) is 10.5. The van der Waals surface area contributed by atoms with E-state index in [1.165, 1.54) is 18.6 Å². The molecular formula is C16H20ClFO. The fourth-order valence-electron chi connectivity index (χ4n) is 1.85. The van der Waals surface area contributed by atoms with Gasteiger partial charge in [-0.3, -0.25) is 4.79 Å². The van der Waals surface area contributed by atoms with Crippen LogP contribution in [0.4, 0.5) is 4.39 Å². The SMILES string of the molecule is O=C(Cl)CCCCCCCC=Cc1ccc(F)cc1. The number of carbonyl (C=O) groups excluding carboxylic acids is 1. The molecule has 0 atom stereocenters. The third-order valence-corrected chi connectivity index (χ3v) is 3.11. The van der Waals surface area contributed by atoms with Gasteiger partial charge in [0, 0.05) is 6.42 Å². The van der Waals surface area contributed by atoms with Crippen LogP contribution in [0, 0.1) is 5.82 Å². The Balaban J connectivity index is 2.01. The topological polar surface area (TPSA) is 17.1 Å². The van der Waals surface area contributed by atoms with E-state index in [1.807, 2.05) is 6.08 Å². The van der Waals surface area contributed by atoms with Crippen LogP contribution in [0.3, 0.4) is 0 Å². The molecule has 0 amide bonds. The third kappa shape index (κ3) is 8.55. The van der Waals surface area contributed by atoms with Gasteiger partial charge >= 0.3 is 0 Å². The van der Waals surface area contributed by atoms with E-state index in [2.05, 4.69) is 6.08 Å². The Morgan fingerprint density at radius 3 is 2.37 bits per heavy atom. The molecular weight excluding hydrogens is 263 g/mol. The molecule has 0 N–H and O–H groups in total. The molecule has 1 nitrogen and oxygen atoms in total. The first-order valence-corrected chi connectivity index (χ1v) is 7.17. The predicted molar refractivity (Wildman–Crippen MR) is 78.6 cm³/mol. The predicted octanol–water partition coefficient (Wildman–Crippen LogP) is 5.34. The first-order valence-electron chi connectivity index (χ1n) is 6.79. The number of hydrogen-bond donors (Lipinski definition) is 0. The van der Waals surface area contributed by atoms with Crippen molar-refractivity contribution in [3.05, 3.63) is 41.7 Å². The van der Waals surface area contributed by atoms with Crippen LogP contribution in [0.25, 0.3) is 6.08 Å². The molecule has 0 aliphatic rings. The van der Waals surface area contributed by atoms with Crippen LogP contribution < -0.4 is 0 Å². The van der Waals surface area contributed by atoms with Gasteiger partial charge in [0.25, 0.3) is 0 Å². The first-order chi connectivity index (χ1) is 9.18. The van der Waals surface area contributed by atoms with Gasteiger partial charge in [0.1, 0.15) is 5.82 Å². The van der Waals surface area contributed by atoms with Gasteiger partial charge in [0.2, 0.25) is 5.24 Å². The number of rotatable bonds is 9. The van der Waals surface area contributed by atoms with E-state index >= 15 is 0 Å². The molecule has 0 heterocycles. The molecule has 1 aromatic carbocycles. The quantitative estimate of drug-likeness (QED) is 0.442. The highest BCUT2D eigenvalue weighted by Crippen LogP contribution is 2.10. The summed E-state index contributed by atoms with van der Waals surface area (Å²) in [6.07, 6.45) is 11.1. The molecule has 104 valence electrons. The van der Waals surface area contributed by atoms with Crippen molar-refractivity contribution < 1.29 is 9.18 Å². The Morgan fingerprint density at radius 2 is 1.68 bits per heavy atom. The van der Waals surface area contributed by atoms with Crippen LogP contribution >= 0.6 is 11.6 Å². The normalized spacial score (nSPS) is 11.1. The number of hydrogen-bond acceptors (Lipinski definition) is 1. The molecule has 0 aliphatic heterocycles. The number of unbranched alkanes of at least 4 members (excludes halogenated alkanes) is 5. The van der Waals surface area contributed by atoms with E-state index in [9.17, 15) is 9.18 Å². The van der Waals surface area contributed by atoms with Crippen molar-refractivity contribution in [2.45, 2.75) is 44.9 Å². The van der Waals surface area contributed by atoms with Crippen LogP contribution in [0.15, 0.2) is 30.3 Å². The van der Waals surface area contributed by atoms with Gasteiger partial charge in [-0.25, -0.2) is 4.39 Å². The molecule has 0 aromatic heterocycles. The highest BCUT2D eigenvalue weighted by molar-refractivity contribution is 6.63. The second-order valence-electron chi connectivity index (χ2n) is 4.62. The molecule has 0 radical (unpaired) electrons. The molecule has 3 heteroatoms. The Labute approximate surface area is 119 Å².